The lowest BCUT2D eigenvalue weighted by Gasteiger charge is -2.25. The molecule has 0 aliphatic carbocycles. The highest BCUT2D eigenvalue weighted by atomic mass is 16.6. The third kappa shape index (κ3) is 5.36. The first-order valence-corrected chi connectivity index (χ1v) is 7.40. The molecular weight excluding hydrogens is 298 g/mol. The number of rotatable bonds is 5. The van der Waals surface area contributed by atoms with Gasteiger partial charge in [-0.05, 0) is 40.7 Å². The third-order valence-electron chi connectivity index (χ3n) is 3.17. The van der Waals surface area contributed by atoms with Gasteiger partial charge in [0.1, 0.15) is 0 Å². The van der Waals surface area contributed by atoms with E-state index in [-0.39, 0.29) is 29.2 Å². The van der Waals surface area contributed by atoms with Crippen LogP contribution < -0.4 is 5.32 Å². The minimum Gasteiger partial charge on any atom is -0.350 e. The average molecular weight is 321 g/mol. The van der Waals surface area contributed by atoms with Crippen molar-refractivity contribution in [2.45, 2.75) is 40.2 Å². The van der Waals surface area contributed by atoms with Crippen LogP contribution in [0.15, 0.2) is 18.2 Å². The molecule has 1 aromatic rings. The Morgan fingerprint density at radius 1 is 1.30 bits per heavy atom. The van der Waals surface area contributed by atoms with Crippen LogP contribution >= 0.6 is 0 Å². The highest BCUT2D eigenvalue weighted by Gasteiger charge is 2.22. The molecule has 1 N–H and O–H groups in total. The molecule has 23 heavy (non-hydrogen) atoms. The van der Waals surface area contributed by atoms with Crippen molar-refractivity contribution in [3.8, 4) is 0 Å². The molecule has 0 spiro atoms. The summed E-state index contributed by atoms with van der Waals surface area (Å²) in [6, 6.07) is 4.32. The number of likely N-dealkylation sites (N-methyl/N-ethyl adjacent to an activating group) is 1. The smallest absolute Gasteiger partial charge is 0.273 e. The molecule has 0 aromatic heterocycles. The maximum atomic E-state index is 12.5. The number of carbonyl (C=O) groups excluding carboxylic acids is 2. The first-order valence-electron chi connectivity index (χ1n) is 7.40. The minimum atomic E-state index is -0.519. The average Bonchev–Trinajstić information content (AvgIpc) is 2.42. The van der Waals surface area contributed by atoms with E-state index in [0.29, 0.717) is 12.1 Å². The number of aryl methyl sites for hydroxylation is 1. The van der Waals surface area contributed by atoms with Crippen molar-refractivity contribution in [3.05, 3.63) is 39.4 Å². The molecule has 0 fully saturated rings. The number of hydrogen-bond donors (Lipinski definition) is 1. The van der Waals surface area contributed by atoms with Crippen LogP contribution in [0.3, 0.4) is 0 Å². The number of nitrogens with zero attached hydrogens (tertiary/aromatic N) is 2. The van der Waals surface area contributed by atoms with Crippen LogP contribution in [-0.4, -0.2) is 40.3 Å². The summed E-state index contributed by atoms with van der Waals surface area (Å²) in [5, 5.41) is 13.8. The van der Waals surface area contributed by atoms with Gasteiger partial charge in [0.2, 0.25) is 5.91 Å². The molecule has 0 heterocycles. The highest BCUT2D eigenvalue weighted by Crippen LogP contribution is 2.20. The SMILES string of the molecule is CCN(CC(=O)NC(C)(C)C)C(=O)c1ccc(C)c([N+](=O)[O-])c1. The second-order valence-electron chi connectivity index (χ2n) is 6.38. The Morgan fingerprint density at radius 2 is 1.91 bits per heavy atom. The summed E-state index contributed by atoms with van der Waals surface area (Å²) in [6.07, 6.45) is 0. The second kappa shape index (κ2) is 7.21. The Morgan fingerprint density at radius 3 is 2.39 bits per heavy atom. The number of benzene rings is 1. The van der Waals surface area contributed by atoms with Gasteiger partial charge in [0.25, 0.3) is 11.6 Å². The molecular formula is C16H23N3O4. The number of nitro groups is 1. The van der Waals surface area contributed by atoms with Gasteiger partial charge in [0, 0.05) is 29.3 Å². The van der Waals surface area contributed by atoms with Gasteiger partial charge in [-0.25, -0.2) is 0 Å². The lowest BCUT2D eigenvalue weighted by molar-refractivity contribution is -0.385. The molecule has 1 rings (SSSR count). The Hall–Kier alpha value is -2.44. The monoisotopic (exact) mass is 321 g/mol. The zero-order valence-corrected chi connectivity index (χ0v) is 14.2. The van der Waals surface area contributed by atoms with E-state index in [4.69, 9.17) is 0 Å². The summed E-state index contributed by atoms with van der Waals surface area (Å²) in [7, 11) is 0. The summed E-state index contributed by atoms with van der Waals surface area (Å²) >= 11 is 0. The summed E-state index contributed by atoms with van der Waals surface area (Å²) < 4.78 is 0. The van der Waals surface area contributed by atoms with Gasteiger partial charge < -0.3 is 10.2 Å². The van der Waals surface area contributed by atoms with Crippen molar-refractivity contribution in [2.24, 2.45) is 0 Å². The fourth-order valence-electron chi connectivity index (χ4n) is 2.08. The van der Waals surface area contributed by atoms with Crippen LogP contribution in [0.5, 0.6) is 0 Å². The molecule has 0 atom stereocenters. The van der Waals surface area contributed by atoms with E-state index in [2.05, 4.69) is 5.32 Å². The van der Waals surface area contributed by atoms with Crippen molar-refractivity contribution < 1.29 is 14.5 Å². The van der Waals surface area contributed by atoms with E-state index in [1.165, 1.54) is 23.1 Å². The Kier molecular flexibility index (Phi) is 5.84. The van der Waals surface area contributed by atoms with Gasteiger partial charge in [-0.1, -0.05) is 6.07 Å². The van der Waals surface area contributed by atoms with E-state index >= 15 is 0 Å². The summed E-state index contributed by atoms with van der Waals surface area (Å²) in [5.74, 6) is -0.672. The van der Waals surface area contributed by atoms with Crippen LogP contribution in [0.25, 0.3) is 0 Å². The Labute approximate surface area is 135 Å². The van der Waals surface area contributed by atoms with Gasteiger partial charge in [-0.3, -0.25) is 19.7 Å². The van der Waals surface area contributed by atoms with E-state index in [0.717, 1.165) is 0 Å². The molecule has 0 saturated heterocycles. The number of nitrogens with one attached hydrogen (secondary N) is 1. The first-order chi connectivity index (χ1) is 10.5. The largest absolute Gasteiger partial charge is 0.350 e. The summed E-state index contributed by atoms with van der Waals surface area (Å²) in [4.78, 5) is 36.3. The Bertz CT molecular complexity index is 620. The topological polar surface area (TPSA) is 92.6 Å². The molecule has 2 amide bonds. The normalized spacial score (nSPS) is 11.0. The van der Waals surface area contributed by atoms with Crippen LogP contribution in [0.2, 0.25) is 0 Å². The van der Waals surface area contributed by atoms with Crippen molar-refractivity contribution in [3.63, 3.8) is 0 Å². The predicted octanol–water partition coefficient (Wildman–Crippen LogP) is 2.28. The fraction of sp³-hybridized carbons (Fsp3) is 0.500. The van der Waals surface area contributed by atoms with Crippen molar-refractivity contribution >= 4 is 17.5 Å². The maximum Gasteiger partial charge on any atom is 0.273 e. The van der Waals surface area contributed by atoms with Gasteiger partial charge in [-0.15, -0.1) is 0 Å². The molecule has 0 radical (unpaired) electrons. The van der Waals surface area contributed by atoms with Crippen LogP contribution in [0, 0.1) is 17.0 Å². The van der Waals surface area contributed by atoms with E-state index < -0.39 is 10.8 Å². The van der Waals surface area contributed by atoms with Crippen LogP contribution in [0.4, 0.5) is 5.69 Å². The minimum absolute atomic E-state index is 0.0890. The van der Waals surface area contributed by atoms with Crippen LogP contribution in [0.1, 0.15) is 43.6 Å². The molecule has 7 nitrogen and oxygen atoms in total. The lowest BCUT2D eigenvalue weighted by Crippen LogP contribution is -2.47. The molecule has 0 aliphatic heterocycles. The van der Waals surface area contributed by atoms with Gasteiger partial charge >= 0.3 is 0 Å². The first kappa shape index (κ1) is 18.6. The number of amides is 2. The van der Waals surface area contributed by atoms with E-state index in [9.17, 15) is 19.7 Å². The molecule has 0 aliphatic rings. The third-order valence-corrected chi connectivity index (χ3v) is 3.17. The molecule has 126 valence electrons. The van der Waals surface area contributed by atoms with E-state index in [1.54, 1.807) is 13.8 Å². The summed E-state index contributed by atoms with van der Waals surface area (Å²) in [5.41, 5.74) is 0.196. The molecule has 0 bridgehead atoms. The highest BCUT2D eigenvalue weighted by molar-refractivity contribution is 5.97. The van der Waals surface area contributed by atoms with Crippen molar-refractivity contribution in [2.75, 3.05) is 13.1 Å². The standard InChI is InChI=1S/C16H23N3O4/c1-6-18(10-14(20)17-16(3,4)5)15(21)12-8-7-11(2)13(9-12)19(22)23/h7-9H,6,10H2,1-5H3,(H,17,20). The fourth-order valence-corrected chi connectivity index (χ4v) is 2.08. The second-order valence-corrected chi connectivity index (χ2v) is 6.38. The number of carbonyl (C=O) groups is 2. The zero-order valence-electron chi connectivity index (χ0n) is 14.2. The number of nitro benzene ring substituents is 1. The number of hydrogen-bond acceptors (Lipinski definition) is 4. The van der Waals surface area contributed by atoms with Crippen molar-refractivity contribution in [1.82, 2.24) is 10.2 Å². The van der Waals surface area contributed by atoms with Crippen LogP contribution in [-0.2, 0) is 4.79 Å². The quantitative estimate of drug-likeness (QED) is 0.665. The Balaban J connectivity index is 2.95. The molecule has 0 saturated carbocycles. The predicted molar refractivity (Wildman–Crippen MR) is 87.3 cm³/mol. The van der Waals surface area contributed by atoms with Crippen molar-refractivity contribution in [1.29, 1.82) is 0 Å². The van der Waals surface area contributed by atoms with Gasteiger partial charge in [0.05, 0.1) is 11.5 Å². The molecule has 1 aromatic carbocycles. The maximum absolute atomic E-state index is 12.5. The lowest BCUT2D eigenvalue weighted by atomic mass is 10.1. The summed E-state index contributed by atoms with van der Waals surface area (Å²) in [6.45, 7) is 9.17. The zero-order chi connectivity index (χ0) is 17.8. The molecule has 7 heteroatoms. The van der Waals surface area contributed by atoms with E-state index in [1.807, 2.05) is 20.8 Å². The van der Waals surface area contributed by atoms with Gasteiger partial charge in [0.15, 0.2) is 0 Å². The van der Waals surface area contributed by atoms with Gasteiger partial charge in [-0.2, -0.15) is 0 Å². The molecule has 0 unspecified atom stereocenters.